The van der Waals surface area contributed by atoms with Crippen LogP contribution in [-0.4, -0.2) is 24.1 Å². The fraction of sp³-hybridized carbons (Fsp3) is 0.250. The number of benzene rings is 1. The number of carbonyl (C=O) groups is 1. The minimum Gasteiger partial charge on any atom is -0.497 e. The molecule has 21 heavy (non-hydrogen) atoms. The first-order valence-electron chi connectivity index (χ1n) is 6.66. The molecule has 0 aliphatic rings. The number of rotatable bonds is 6. The largest absolute Gasteiger partial charge is 0.497 e. The van der Waals surface area contributed by atoms with Gasteiger partial charge in [-0.2, -0.15) is 0 Å². The summed E-state index contributed by atoms with van der Waals surface area (Å²) in [7, 11) is 1.59. The van der Waals surface area contributed by atoms with Crippen molar-refractivity contribution >= 4 is 5.91 Å². The number of methoxy groups -OCH3 is 1. The lowest BCUT2D eigenvalue weighted by molar-refractivity contribution is -0.127. The zero-order chi connectivity index (χ0) is 15.1. The van der Waals surface area contributed by atoms with Crippen molar-refractivity contribution in [1.29, 1.82) is 0 Å². The van der Waals surface area contributed by atoms with Gasteiger partial charge < -0.3 is 14.8 Å². The van der Waals surface area contributed by atoms with E-state index < -0.39 is 6.10 Å². The van der Waals surface area contributed by atoms with E-state index in [1.807, 2.05) is 24.3 Å². The lowest BCUT2D eigenvalue weighted by Crippen LogP contribution is -2.35. The van der Waals surface area contributed by atoms with Crippen molar-refractivity contribution in [2.24, 2.45) is 0 Å². The number of hydrogen-bond donors (Lipinski definition) is 1. The van der Waals surface area contributed by atoms with Crippen LogP contribution >= 0.6 is 0 Å². The number of nitrogens with one attached hydrogen (secondary N) is 1. The third-order valence-corrected chi connectivity index (χ3v) is 2.91. The van der Waals surface area contributed by atoms with E-state index in [0.29, 0.717) is 18.0 Å². The van der Waals surface area contributed by atoms with E-state index in [9.17, 15) is 4.79 Å². The first-order valence-corrected chi connectivity index (χ1v) is 6.66. The predicted molar refractivity (Wildman–Crippen MR) is 79.2 cm³/mol. The Morgan fingerprint density at radius 2 is 2.10 bits per heavy atom. The van der Waals surface area contributed by atoms with E-state index in [1.165, 1.54) is 0 Å². The summed E-state index contributed by atoms with van der Waals surface area (Å²) in [6, 6.07) is 10.9. The van der Waals surface area contributed by atoms with Crippen LogP contribution in [0.25, 0.3) is 0 Å². The van der Waals surface area contributed by atoms with Crippen molar-refractivity contribution in [2.45, 2.75) is 19.6 Å². The average Bonchev–Trinajstić information content (AvgIpc) is 2.53. The molecule has 5 nitrogen and oxygen atoms in total. The third kappa shape index (κ3) is 4.49. The van der Waals surface area contributed by atoms with Crippen LogP contribution in [0.4, 0.5) is 0 Å². The van der Waals surface area contributed by atoms with Gasteiger partial charge in [-0.1, -0.05) is 12.1 Å². The summed E-state index contributed by atoms with van der Waals surface area (Å²) in [4.78, 5) is 16.0. The fourth-order valence-corrected chi connectivity index (χ4v) is 1.77. The van der Waals surface area contributed by atoms with Gasteiger partial charge in [-0.25, -0.2) is 0 Å². The van der Waals surface area contributed by atoms with Crippen LogP contribution < -0.4 is 14.8 Å². The Balaban J connectivity index is 1.87. The van der Waals surface area contributed by atoms with Crippen LogP contribution in [0.3, 0.4) is 0 Å². The molecular formula is C16H18N2O3. The molecule has 1 aromatic carbocycles. The third-order valence-electron chi connectivity index (χ3n) is 2.91. The zero-order valence-corrected chi connectivity index (χ0v) is 12.1. The topological polar surface area (TPSA) is 60.5 Å². The molecule has 2 rings (SSSR count). The Bertz CT molecular complexity index is 587. The average molecular weight is 286 g/mol. The molecule has 0 fully saturated rings. The molecule has 0 aliphatic carbocycles. The molecule has 1 N–H and O–H groups in total. The SMILES string of the molecule is COc1cccc(O[C@H](C)C(=O)NCc2cccnc2)c1. The van der Waals surface area contributed by atoms with Gasteiger partial charge in [0.05, 0.1) is 7.11 Å². The molecule has 110 valence electrons. The van der Waals surface area contributed by atoms with Crippen molar-refractivity contribution < 1.29 is 14.3 Å². The summed E-state index contributed by atoms with van der Waals surface area (Å²) in [6.45, 7) is 2.14. The Morgan fingerprint density at radius 3 is 2.81 bits per heavy atom. The Hall–Kier alpha value is -2.56. The number of carbonyl (C=O) groups excluding carboxylic acids is 1. The van der Waals surface area contributed by atoms with Gasteiger partial charge in [0, 0.05) is 25.0 Å². The van der Waals surface area contributed by atoms with E-state index in [0.717, 1.165) is 5.56 Å². The fourth-order valence-electron chi connectivity index (χ4n) is 1.77. The minimum absolute atomic E-state index is 0.179. The van der Waals surface area contributed by atoms with Crippen LogP contribution in [0, 0.1) is 0 Å². The van der Waals surface area contributed by atoms with Crippen LogP contribution in [0.1, 0.15) is 12.5 Å². The summed E-state index contributed by atoms with van der Waals surface area (Å²) < 4.78 is 10.7. The lowest BCUT2D eigenvalue weighted by atomic mass is 10.2. The van der Waals surface area contributed by atoms with E-state index in [1.54, 1.807) is 38.6 Å². The van der Waals surface area contributed by atoms with Gasteiger partial charge in [0.1, 0.15) is 11.5 Å². The molecule has 1 amide bonds. The van der Waals surface area contributed by atoms with Crippen molar-refractivity contribution in [3.63, 3.8) is 0 Å². The van der Waals surface area contributed by atoms with Crippen molar-refractivity contribution in [3.8, 4) is 11.5 Å². The van der Waals surface area contributed by atoms with E-state index in [2.05, 4.69) is 10.3 Å². The summed E-state index contributed by atoms with van der Waals surface area (Å²) in [6.07, 6.45) is 2.82. The number of nitrogens with zero attached hydrogens (tertiary/aromatic N) is 1. The maximum atomic E-state index is 12.0. The quantitative estimate of drug-likeness (QED) is 0.884. The molecule has 0 saturated heterocycles. The minimum atomic E-state index is -0.589. The highest BCUT2D eigenvalue weighted by atomic mass is 16.5. The van der Waals surface area contributed by atoms with Gasteiger partial charge in [0.2, 0.25) is 0 Å². The van der Waals surface area contributed by atoms with E-state index in [-0.39, 0.29) is 5.91 Å². The summed E-state index contributed by atoms with van der Waals surface area (Å²) >= 11 is 0. The molecule has 0 spiro atoms. The molecule has 5 heteroatoms. The normalized spacial score (nSPS) is 11.5. The number of amides is 1. The maximum Gasteiger partial charge on any atom is 0.261 e. The van der Waals surface area contributed by atoms with Gasteiger partial charge in [-0.05, 0) is 30.7 Å². The maximum absolute atomic E-state index is 12.0. The summed E-state index contributed by atoms with van der Waals surface area (Å²) in [5.41, 5.74) is 0.944. The summed E-state index contributed by atoms with van der Waals surface area (Å²) in [5.74, 6) is 1.11. The van der Waals surface area contributed by atoms with Crippen LogP contribution in [0.2, 0.25) is 0 Å². The molecule has 0 aliphatic heterocycles. The molecule has 1 atom stereocenters. The first-order chi connectivity index (χ1) is 10.2. The Kier molecular flexibility index (Phi) is 5.15. The number of ether oxygens (including phenoxy) is 2. The molecule has 2 aromatic rings. The molecule has 1 aromatic heterocycles. The van der Waals surface area contributed by atoms with Gasteiger partial charge >= 0.3 is 0 Å². The second-order valence-electron chi connectivity index (χ2n) is 4.52. The first kappa shape index (κ1) is 14.8. The molecule has 0 saturated carbocycles. The van der Waals surface area contributed by atoms with E-state index in [4.69, 9.17) is 9.47 Å². The number of pyridine rings is 1. The van der Waals surface area contributed by atoms with E-state index >= 15 is 0 Å². The van der Waals surface area contributed by atoms with Crippen molar-refractivity contribution in [3.05, 3.63) is 54.4 Å². The lowest BCUT2D eigenvalue weighted by Gasteiger charge is -2.15. The molecule has 1 heterocycles. The second kappa shape index (κ2) is 7.28. The van der Waals surface area contributed by atoms with Gasteiger partial charge in [-0.3, -0.25) is 9.78 Å². The standard InChI is InChI=1S/C16H18N2O3/c1-12(21-15-7-3-6-14(9-15)20-2)16(19)18-11-13-5-4-8-17-10-13/h3-10,12H,11H2,1-2H3,(H,18,19)/t12-/m1/s1. The number of hydrogen-bond acceptors (Lipinski definition) is 4. The molecular weight excluding hydrogens is 268 g/mol. The highest BCUT2D eigenvalue weighted by molar-refractivity contribution is 5.80. The molecule has 0 bridgehead atoms. The second-order valence-corrected chi connectivity index (χ2v) is 4.52. The van der Waals surface area contributed by atoms with Gasteiger partial charge in [0.15, 0.2) is 6.10 Å². The number of aromatic nitrogens is 1. The van der Waals surface area contributed by atoms with Crippen molar-refractivity contribution in [2.75, 3.05) is 7.11 Å². The zero-order valence-electron chi connectivity index (χ0n) is 12.1. The predicted octanol–water partition coefficient (Wildman–Crippen LogP) is 2.17. The molecule has 0 radical (unpaired) electrons. The van der Waals surface area contributed by atoms with Gasteiger partial charge in [0.25, 0.3) is 5.91 Å². The molecule has 0 unspecified atom stereocenters. The van der Waals surface area contributed by atoms with Crippen LogP contribution in [0.5, 0.6) is 11.5 Å². The highest BCUT2D eigenvalue weighted by Crippen LogP contribution is 2.19. The van der Waals surface area contributed by atoms with Gasteiger partial charge in [-0.15, -0.1) is 0 Å². The Morgan fingerprint density at radius 1 is 1.29 bits per heavy atom. The smallest absolute Gasteiger partial charge is 0.261 e. The van der Waals surface area contributed by atoms with Crippen molar-refractivity contribution in [1.82, 2.24) is 10.3 Å². The van der Waals surface area contributed by atoms with Crippen LogP contribution in [0.15, 0.2) is 48.8 Å². The monoisotopic (exact) mass is 286 g/mol. The summed E-state index contributed by atoms with van der Waals surface area (Å²) in [5, 5.41) is 2.81. The highest BCUT2D eigenvalue weighted by Gasteiger charge is 2.14. The Labute approximate surface area is 123 Å². The van der Waals surface area contributed by atoms with Crippen LogP contribution in [-0.2, 0) is 11.3 Å².